The second-order valence-electron chi connectivity index (χ2n) is 5.20. The van der Waals surface area contributed by atoms with Gasteiger partial charge in [0.05, 0.1) is 7.11 Å². The highest BCUT2D eigenvalue weighted by Crippen LogP contribution is 2.32. The molecule has 1 atom stereocenters. The molecular weight excluding hydrogens is 214 g/mol. The third kappa shape index (κ3) is 4.27. The average Bonchev–Trinajstić information content (AvgIpc) is 2.18. The summed E-state index contributed by atoms with van der Waals surface area (Å²) in [6.45, 7) is 8.09. The third-order valence-electron chi connectivity index (χ3n) is 2.52. The Bertz CT molecular complexity index is 372. The van der Waals surface area contributed by atoms with Crippen LogP contribution < -0.4 is 15.2 Å². The van der Waals surface area contributed by atoms with Crippen molar-refractivity contribution in [2.45, 2.75) is 45.8 Å². The van der Waals surface area contributed by atoms with E-state index in [1.54, 1.807) is 7.11 Å². The van der Waals surface area contributed by atoms with Crippen LogP contribution >= 0.6 is 0 Å². The smallest absolute Gasteiger partial charge is 0.161 e. The van der Waals surface area contributed by atoms with Gasteiger partial charge < -0.3 is 15.2 Å². The van der Waals surface area contributed by atoms with Gasteiger partial charge in [0, 0.05) is 12.5 Å². The van der Waals surface area contributed by atoms with Gasteiger partial charge in [-0.2, -0.15) is 0 Å². The number of nitrogens with two attached hydrogens (primary N) is 1. The van der Waals surface area contributed by atoms with Crippen molar-refractivity contribution in [1.82, 2.24) is 0 Å². The summed E-state index contributed by atoms with van der Waals surface area (Å²) in [5.74, 6) is 1.53. The van der Waals surface area contributed by atoms with E-state index in [1.807, 2.05) is 45.9 Å². The minimum atomic E-state index is -0.295. The summed E-state index contributed by atoms with van der Waals surface area (Å²) in [6, 6.07) is 6.04. The predicted molar refractivity (Wildman–Crippen MR) is 70.7 cm³/mol. The number of hydrogen-bond acceptors (Lipinski definition) is 3. The molecule has 3 heteroatoms. The van der Waals surface area contributed by atoms with E-state index in [0.717, 1.165) is 23.5 Å². The zero-order valence-corrected chi connectivity index (χ0v) is 11.4. The standard InChI is InChI=1S/C14H23NO2/c1-10-6-7-12(13(8-10)16-5)17-14(3,4)9-11(2)15/h6-8,11H,9,15H2,1-5H3. The quantitative estimate of drug-likeness (QED) is 0.856. The van der Waals surface area contributed by atoms with Crippen molar-refractivity contribution in [2.24, 2.45) is 5.73 Å². The van der Waals surface area contributed by atoms with Crippen LogP contribution in [0.25, 0.3) is 0 Å². The van der Waals surface area contributed by atoms with Crippen LogP contribution in [0.3, 0.4) is 0 Å². The van der Waals surface area contributed by atoms with Crippen LogP contribution in [0.5, 0.6) is 11.5 Å². The first-order valence-electron chi connectivity index (χ1n) is 5.93. The minimum Gasteiger partial charge on any atom is -0.493 e. The molecule has 3 nitrogen and oxygen atoms in total. The largest absolute Gasteiger partial charge is 0.493 e. The van der Waals surface area contributed by atoms with Crippen molar-refractivity contribution < 1.29 is 9.47 Å². The van der Waals surface area contributed by atoms with Crippen LogP contribution in [0.4, 0.5) is 0 Å². The van der Waals surface area contributed by atoms with E-state index >= 15 is 0 Å². The lowest BCUT2D eigenvalue weighted by molar-refractivity contribution is 0.0893. The van der Waals surface area contributed by atoms with Crippen molar-refractivity contribution in [3.05, 3.63) is 23.8 Å². The Morgan fingerprint density at radius 1 is 1.29 bits per heavy atom. The van der Waals surface area contributed by atoms with E-state index in [4.69, 9.17) is 15.2 Å². The van der Waals surface area contributed by atoms with E-state index < -0.39 is 0 Å². The molecule has 0 aliphatic rings. The van der Waals surface area contributed by atoms with Gasteiger partial charge >= 0.3 is 0 Å². The van der Waals surface area contributed by atoms with Gasteiger partial charge in [-0.15, -0.1) is 0 Å². The van der Waals surface area contributed by atoms with Crippen molar-refractivity contribution >= 4 is 0 Å². The second kappa shape index (κ2) is 5.41. The van der Waals surface area contributed by atoms with Gasteiger partial charge in [0.1, 0.15) is 5.60 Å². The number of ether oxygens (including phenoxy) is 2. The molecule has 96 valence electrons. The van der Waals surface area contributed by atoms with Crippen LogP contribution in [0.15, 0.2) is 18.2 Å². The first kappa shape index (κ1) is 13.8. The van der Waals surface area contributed by atoms with E-state index in [1.165, 1.54) is 0 Å². The minimum absolute atomic E-state index is 0.112. The highest BCUT2D eigenvalue weighted by molar-refractivity contribution is 5.42. The molecule has 0 saturated carbocycles. The Labute approximate surface area is 104 Å². The molecule has 0 aliphatic heterocycles. The average molecular weight is 237 g/mol. The second-order valence-corrected chi connectivity index (χ2v) is 5.20. The fourth-order valence-corrected chi connectivity index (χ4v) is 1.97. The van der Waals surface area contributed by atoms with Crippen LogP contribution in [-0.2, 0) is 0 Å². The lowest BCUT2D eigenvalue weighted by atomic mass is 10.0. The maximum atomic E-state index is 5.98. The Morgan fingerprint density at radius 2 is 1.94 bits per heavy atom. The molecule has 0 spiro atoms. The van der Waals surface area contributed by atoms with Gasteiger partial charge in [-0.25, -0.2) is 0 Å². The van der Waals surface area contributed by atoms with E-state index in [2.05, 4.69) is 0 Å². The summed E-state index contributed by atoms with van der Waals surface area (Å²) in [5, 5.41) is 0. The van der Waals surface area contributed by atoms with Crippen molar-refractivity contribution in [2.75, 3.05) is 7.11 Å². The highest BCUT2D eigenvalue weighted by Gasteiger charge is 2.23. The number of benzene rings is 1. The highest BCUT2D eigenvalue weighted by atomic mass is 16.5. The van der Waals surface area contributed by atoms with Gasteiger partial charge in [0.15, 0.2) is 11.5 Å². The molecule has 0 radical (unpaired) electrons. The molecular formula is C14H23NO2. The summed E-state index contributed by atoms with van der Waals surface area (Å²) >= 11 is 0. The first-order valence-corrected chi connectivity index (χ1v) is 5.93. The van der Waals surface area contributed by atoms with E-state index in [0.29, 0.717) is 0 Å². The van der Waals surface area contributed by atoms with Crippen LogP contribution in [-0.4, -0.2) is 18.8 Å². The lowest BCUT2D eigenvalue weighted by Crippen LogP contribution is -2.35. The van der Waals surface area contributed by atoms with Gasteiger partial charge in [-0.05, 0) is 45.4 Å². The molecule has 2 N–H and O–H groups in total. The monoisotopic (exact) mass is 237 g/mol. The number of methoxy groups -OCH3 is 1. The zero-order chi connectivity index (χ0) is 13.1. The summed E-state index contributed by atoms with van der Waals surface area (Å²) < 4.78 is 11.3. The fourth-order valence-electron chi connectivity index (χ4n) is 1.97. The maximum Gasteiger partial charge on any atom is 0.161 e. The molecule has 1 aromatic rings. The van der Waals surface area contributed by atoms with Gasteiger partial charge in [-0.3, -0.25) is 0 Å². The molecule has 0 saturated heterocycles. The summed E-state index contributed by atoms with van der Waals surface area (Å²) in [4.78, 5) is 0. The molecule has 1 unspecified atom stereocenters. The van der Waals surface area contributed by atoms with Gasteiger partial charge in [-0.1, -0.05) is 6.07 Å². The molecule has 1 aromatic carbocycles. The Kier molecular flexibility index (Phi) is 4.40. The molecule has 0 amide bonds. The van der Waals surface area contributed by atoms with Crippen LogP contribution in [0, 0.1) is 6.92 Å². The van der Waals surface area contributed by atoms with Crippen molar-refractivity contribution in [3.8, 4) is 11.5 Å². The topological polar surface area (TPSA) is 44.5 Å². The molecule has 0 aromatic heterocycles. The third-order valence-corrected chi connectivity index (χ3v) is 2.52. The molecule has 1 rings (SSSR count). The number of aryl methyl sites for hydroxylation is 1. The van der Waals surface area contributed by atoms with Crippen molar-refractivity contribution in [1.29, 1.82) is 0 Å². The summed E-state index contributed by atoms with van der Waals surface area (Å²) in [7, 11) is 1.65. The zero-order valence-electron chi connectivity index (χ0n) is 11.4. The van der Waals surface area contributed by atoms with Gasteiger partial charge in [0.25, 0.3) is 0 Å². The molecule has 0 bridgehead atoms. The van der Waals surface area contributed by atoms with Gasteiger partial charge in [0.2, 0.25) is 0 Å². The Hall–Kier alpha value is -1.22. The van der Waals surface area contributed by atoms with Crippen molar-refractivity contribution in [3.63, 3.8) is 0 Å². The normalized spacial score (nSPS) is 13.3. The number of hydrogen-bond donors (Lipinski definition) is 1. The molecule has 0 heterocycles. The SMILES string of the molecule is COc1cc(C)ccc1OC(C)(C)CC(C)N. The maximum absolute atomic E-state index is 5.98. The Balaban J connectivity index is 2.87. The summed E-state index contributed by atoms with van der Waals surface area (Å²) in [6.07, 6.45) is 0.796. The lowest BCUT2D eigenvalue weighted by Gasteiger charge is -2.29. The molecule has 17 heavy (non-hydrogen) atoms. The fraction of sp³-hybridized carbons (Fsp3) is 0.571. The van der Waals surface area contributed by atoms with Crippen LogP contribution in [0.2, 0.25) is 0 Å². The number of rotatable bonds is 5. The van der Waals surface area contributed by atoms with E-state index in [-0.39, 0.29) is 11.6 Å². The molecule has 0 fully saturated rings. The molecule has 0 aliphatic carbocycles. The predicted octanol–water partition coefficient (Wildman–Crippen LogP) is 2.90. The van der Waals surface area contributed by atoms with E-state index in [9.17, 15) is 0 Å². The van der Waals surface area contributed by atoms with Crippen LogP contribution in [0.1, 0.15) is 32.8 Å². The first-order chi connectivity index (χ1) is 7.84. The Morgan fingerprint density at radius 3 is 2.47 bits per heavy atom. The summed E-state index contributed by atoms with van der Waals surface area (Å²) in [5.41, 5.74) is 6.67.